The molecule has 2 aromatic carbocycles. The monoisotopic (exact) mass is 439 g/mol. The van der Waals surface area contributed by atoms with Gasteiger partial charge in [-0.2, -0.15) is 0 Å². The number of nitrogens with one attached hydrogen (secondary N) is 1. The average molecular weight is 440 g/mol. The van der Waals surface area contributed by atoms with Gasteiger partial charge in [-0.1, -0.05) is 62.4 Å². The Hall–Kier alpha value is -1.56. The summed E-state index contributed by atoms with van der Waals surface area (Å²) in [5, 5.41) is 3.48. The molecule has 0 bridgehead atoms. The molecule has 0 unspecified atom stereocenters. The minimum absolute atomic E-state index is 0.404. The molecule has 0 aliphatic carbocycles. The number of anilines is 2. The van der Waals surface area contributed by atoms with Crippen molar-refractivity contribution in [1.82, 2.24) is 10.2 Å². The molecule has 2 aliphatic rings. The fraction of sp³-hybridized carbons (Fsp3) is 0.480. The van der Waals surface area contributed by atoms with Crippen LogP contribution in [0.15, 0.2) is 52.3 Å². The number of para-hydroxylation sites is 1. The molecule has 1 fully saturated rings. The predicted molar refractivity (Wildman–Crippen MR) is 133 cm³/mol. The number of likely N-dealkylation sites (tertiary alicyclic amines) is 1. The summed E-state index contributed by atoms with van der Waals surface area (Å²) in [5.74, 6) is 0.625. The normalized spacial score (nSPS) is 17.9. The van der Waals surface area contributed by atoms with Crippen LogP contribution < -0.4 is 10.2 Å². The lowest BCUT2D eigenvalue weighted by atomic mass is 10.1. The van der Waals surface area contributed by atoms with Crippen LogP contribution in [-0.2, 0) is 0 Å². The first-order valence-electron chi connectivity index (χ1n) is 11.3. The van der Waals surface area contributed by atoms with Crippen LogP contribution in [0.5, 0.6) is 0 Å². The van der Waals surface area contributed by atoms with Crippen LogP contribution in [-0.4, -0.2) is 42.1 Å². The van der Waals surface area contributed by atoms with Crippen molar-refractivity contribution < 1.29 is 0 Å². The van der Waals surface area contributed by atoms with Gasteiger partial charge < -0.3 is 15.1 Å². The Morgan fingerprint density at radius 3 is 2.57 bits per heavy atom. The van der Waals surface area contributed by atoms with Gasteiger partial charge in [0.1, 0.15) is 4.99 Å². The van der Waals surface area contributed by atoms with Crippen molar-refractivity contribution >= 4 is 40.3 Å². The van der Waals surface area contributed by atoms with Crippen LogP contribution in [0.25, 0.3) is 0 Å². The van der Waals surface area contributed by atoms with Crippen molar-refractivity contribution in [3.05, 3.63) is 48.0 Å². The minimum Gasteiger partial charge on any atom is -0.376 e. The molecule has 2 aromatic rings. The molecule has 30 heavy (non-hydrogen) atoms. The first kappa shape index (κ1) is 21.7. The minimum atomic E-state index is 0.404. The van der Waals surface area contributed by atoms with E-state index in [-0.39, 0.29) is 0 Å². The fourth-order valence-corrected chi connectivity index (χ4v) is 5.60. The van der Waals surface area contributed by atoms with Gasteiger partial charge >= 0.3 is 0 Å². The molecule has 0 aromatic heterocycles. The van der Waals surface area contributed by atoms with E-state index in [2.05, 4.69) is 78.4 Å². The Labute approximate surface area is 191 Å². The summed E-state index contributed by atoms with van der Waals surface area (Å²) >= 11 is 7.61. The van der Waals surface area contributed by atoms with Gasteiger partial charge in [0.25, 0.3) is 0 Å². The summed E-state index contributed by atoms with van der Waals surface area (Å²) in [6.45, 7) is 11.3. The van der Waals surface area contributed by atoms with Gasteiger partial charge in [0.15, 0.2) is 0 Å². The quantitative estimate of drug-likeness (QED) is 0.525. The van der Waals surface area contributed by atoms with Crippen LogP contribution in [0.1, 0.15) is 45.6 Å². The highest BCUT2D eigenvalue weighted by atomic mass is 32.2. The zero-order valence-corrected chi connectivity index (χ0v) is 20.0. The maximum atomic E-state index is 5.75. The lowest BCUT2D eigenvalue weighted by molar-refractivity contribution is 0.319. The largest absolute Gasteiger partial charge is 0.376 e. The summed E-state index contributed by atoms with van der Waals surface area (Å²) in [7, 11) is 0. The number of nitrogens with zero attached hydrogens (tertiary/aromatic N) is 2. The maximum absolute atomic E-state index is 5.75. The zero-order chi connectivity index (χ0) is 21.1. The summed E-state index contributed by atoms with van der Waals surface area (Å²) < 4.78 is 0. The van der Waals surface area contributed by atoms with Crippen LogP contribution in [0.3, 0.4) is 0 Å². The molecule has 1 N–H and O–H groups in total. The average Bonchev–Trinajstić information content (AvgIpc) is 3.27. The fourth-order valence-electron chi connectivity index (χ4n) is 4.33. The third-order valence-electron chi connectivity index (χ3n) is 6.30. The van der Waals surface area contributed by atoms with E-state index in [1.54, 1.807) is 0 Å². The molecule has 0 saturated carbocycles. The summed E-state index contributed by atoms with van der Waals surface area (Å²) in [6.07, 6.45) is 3.82. The van der Waals surface area contributed by atoms with Crippen molar-refractivity contribution in [2.45, 2.75) is 55.9 Å². The van der Waals surface area contributed by atoms with Crippen LogP contribution in [0.2, 0.25) is 0 Å². The van der Waals surface area contributed by atoms with Gasteiger partial charge in [0.05, 0.1) is 11.4 Å². The van der Waals surface area contributed by atoms with E-state index in [4.69, 9.17) is 12.2 Å². The van der Waals surface area contributed by atoms with E-state index >= 15 is 0 Å². The van der Waals surface area contributed by atoms with E-state index in [0.717, 1.165) is 30.1 Å². The molecule has 0 spiro atoms. The molecule has 2 aliphatic heterocycles. The summed E-state index contributed by atoms with van der Waals surface area (Å²) in [4.78, 5) is 8.66. The number of fused-ring (bicyclic) bond motifs is 2. The highest BCUT2D eigenvalue weighted by Gasteiger charge is 2.29. The van der Waals surface area contributed by atoms with Gasteiger partial charge in [-0.3, -0.25) is 0 Å². The molecule has 5 heteroatoms. The Kier molecular flexibility index (Phi) is 7.01. The molecular formula is C25H33N3S2. The molecule has 0 amide bonds. The molecule has 160 valence electrons. The van der Waals surface area contributed by atoms with E-state index in [1.165, 1.54) is 47.1 Å². The zero-order valence-electron chi connectivity index (χ0n) is 18.4. The van der Waals surface area contributed by atoms with E-state index in [9.17, 15) is 0 Å². The second kappa shape index (κ2) is 9.71. The molecule has 0 radical (unpaired) electrons. The summed E-state index contributed by atoms with van der Waals surface area (Å²) in [6, 6.07) is 15.9. The van der Waals surface area contributed by atoms with Crippen molar-refractivity contribution in [2.24, 2.45) is 5.92 Å². The molecule has 2 atom stereocenters. The van der Waals surface area contributed by atoms with Gasteiger partial charge in [-0.15, -0.1) is 0 Å². The van der Waals surface area contributed by atoms with Crippen molar-refractivity contribution in [3.8, 4) is 0 Å². The predicted octanol–water partition coefficient (Wildman–Crippen LogP) is 6.08. The topological polar surface area (TPSA) is 18.5 Å². The number of benzene rings is 2. The van der Waals surface area contributed by atoms with Crippen LogP contribution >= 0.6 is 24.0 Å². The Morgan fingerprint density at radius 1 is 1.07 bits per heavy atom. The Morgan fingerprint density at radius 2 is 1.80 bits per heavy atom. The van der Waals surface area contributed by atoms with Crippen molar-refractivity contribution in [1.29, 1.82) is 0 Å². The maximum Gasteiger partial charge on any atom is 0.106 e. The third kappa shape index (κ3) is 4.68. The number of thiocarbonyl (C=S) groups is 1. The Balaban J connectivity index is 1.63. The van der Waals surface area contributed by atoms with Crippen LogP contribution in [0, 0.1) is 5.92 Å². The highest BCUT2D eigenvalue weighted by Crippen LogP contribution is 2.49. The molecule has 3 nitrogen and oxygen atoms in total. The van der Waals surface area contributed by atoms with E-state index in [0.29, 0.717) is 12.0 Å². The number of hydrogen-bond acceptors (Lipinski definition) is 4. The smallest absolute Gasteiger partial charge is 0.106 e. The lowest BCUT2D eigenvalue weighted by Crippen LogP contribution is -2.40. The molecule has 1 saturated heterocycles. The second-order valence-corrected chi connectivity index (χ2v) is 10.2. The molecular weight excluding hydrogens is 406 g/mol. The van der Waals surface area contributed by atoms with Crippen molar-refractivity contribution in [3.63, 3.8) is 0 Å². The lowest BCUT2D eigenvalue weighted by Gasteiger charge is -2.39. The second-order valence-electron chi connectivity index (χ2n) is 8.70. The van der Waals surface area contributed by atoms with E-state index in [1.807, 2.05) is 11.8 Å². The van der Waals surface area contributed by atoms with Gasteiger partial charge in [0.2, 0.25) is 0 Å². The summed E-state index contributed by atoms with van der Waals surface area (Å²) in [5.41, 5.74) is 3.72. The third-order valence-corrected chi connectivity index (χ3v) is 7.81. The highest BCUT2D eigenvalue weighted by molar-refractivity contribution is 7.99. The molecule has 2 heterocycles. The van der Waals surface area contributed by atoms with Gasteiger partial charge in [-0.25, -0.2) is 0 Å². The number of hydrogen-bond donors (Lipinski definition) is 1. The number of rotatable bonds is 7. The SMILES string of the molecule is CC[C@@H](C)CNC(=S)c1ccc2c(c1)N([C@H](C)CN1CCCC1)c1ccccc1S2. The first-order chi connectivity index (χ1) is 14.6. The Bertz CT molecular complexity index is 892. The van der Waals surface area contributed by atoms with E-state index < -0.39 is 0 Å². The van der Waals surface area contributed by atoms with Crippen LogP contribution in [0.4, 0.5) is 11.4 Å². The van der Waals surface area contributed by atoms with Crippen molar-refractivity contribution in [2.75, 3.05) is 31.1 Å². The van der Waals surface area contributed by atoms with Gasteiger partial charge in [-0.05, 0) is 63.0 Å². The molecule has 4 rings (SSSR count). The first-order valence-corrected chi connectivity index (χ1v) is 12.5. The standard InChI is InChI=1S/C25H33N3S2/c1-4-18(2)16-26-25(29)20-11-12-24-22(15-20)28(19(3)17-27-13-7-8-14-27)21-9-5-6-10-23(21)30-24/h5-6,9-12,15,18-19H,4,7-8,13-14,16-17H2,1-3H3,(H,26,29)/t18-,19-/m1/s1. The van der Waals surface area contributed by atoms with Gasteiger partial charge in [0, 0.05) is 34.5 Å².